The van der Waals surface area contributed by atoms with Crippen LogP contribution in [-0.2, 0) is 11.2 Å². The minimum Gasteiger partial charge on any atom is -0.343 e. The summed E-state index contributed by atoms with van der Waals surface area (Å²) in [5, 5.41) is 1.10. The Labute approximate surface area is 149 Å². The maximum atomic E-state index is 12.7. The van der Waals surface area contributed by atoms with Gasteiger partial charge in [-0.25, -0.2) is 0 Å². The lowest BCUT2D eigenvalue weighted by Crippen LogP contribution is -2.32. The van der Waals surface area contributed by atoms with Crippen molar-refractivity contribution in [3.05, 3.63) is 65.9 Å². The molecule has 3 rings (SSSR count). The van der Waals surface area contributed by atoms with Crippen LogP contribution in [0.15, 0.2) is 54.6 Å². The molecular formula is C22H24N2O. The Balaban J connectivity index is 2.20. The number of hydrogen-bond acceptors (Lipinski definition) is 2. The fourth-order valence-electron chi connectivity index (χ4n) is 3.36. The van der Waals surface area contributed by atoms with Gasteiger partial charge in [-0.15, -0.1) is 0 Å². The number of benzene rings is 2. The Morgan fingerprint density at radius 1 is 0.960 bits per heavy atom. The molecule has 3 heteroatoms. The quantitative estimate of drug-likeness (QED) is 0.683. The van der Waals surface area contributed by atoms with E-state index in [-0.39, 0.29) is 5.91 Å². The molecule has 0 fully saturated rings. The summed E-state index contributed by atoms with van der Waals surface area (Å²) in [6, 6.07) is 18.5. The Bertz CT molecular complexity index is 883. The molecule has 0 saturated carbocycles. The van der Waals surface area contributed by atoms with Gasteiger partial charge in [0.2, 0.25) is 5.91 Å². The minimum atomic E-state index is 0.155. The van der Waals surface area contributed by atoms with Crippen LogP contribution in [0.4, 0.5) is 0 Å². The number of carbonyl (C=O) groups excluding carboxylic acids is 1. The molecular weight excluding hydrogens is 308 g/mol. The van der Waals surface area contributed by atoms with Crippen LogP contribution in [0.3, 0.4) is 0 Å². The standard InChI is InChI=1S/C22H24N2O/c1-4-24(5-2)21(25)15-19-16(3)23-20-14-10-9-13-18(20)22(19)17-11-7-6-8-12-17/h6-14H,4-5,15H2,1-3H3. The van der Waals surface area contributed by atoms with E-state index in [1.54, 1.807) is 0 Å². The van der Waals surface area contributed by atoms with Gasteiger partial charge in [0.05, 0.1) is 11.9 Å². The van der Waals surface area contributed by atoms with E-state index in [9.17, 15) is 4.79 Å². The first-order chi connectivity index (χ1) is 12.2. The summed E-state index contributed by atoms with van der Waals surface area (Å²) in [5.74, 6) is 0.155. The van der Waals surface area contributed by atoms with Crippen LogP contribution < -0.4 is 0 Å². The Kier molecular flexibility index (Phi) is 5.13. The molecule has 0 atom stereocenters. The molecule has 1 heterocycles. The Hall–Kier alpha value is -2.68. The van der Waals surface area contributed by atoms with Gasteiger partial charge in [0.25, 0.3) is 0 Å². The summed E-state index contributed by atoms with van der Waals surface area (Å²) in [6.45, 7) is 7.51. The van der Waals surface area contributed by atoms with E-state index in [4.69, 9.17) is 4.98 Å². The number of para-hydroxylation sites is 1. The molecule has 1 aromatic heterocycles. The lowest BCUT2D eigenvalue weighted by Gasteiger charge is -2.21. The molecule has 0 N–H and O–H groups in total. The van der Waals surface area contributed by atoms with E-state index >= 15 is 0 Å². The van der Waals surface area contributed by atoms with Crippen LogP contribution in [0, 0.1) is 6.92 Å². The molecule has 0 saturated heterocycles. The van der Waals surface area contributed by atoms with Gasteiger partial charge >= 0.3 is 0 Å². The number of aromatic nitrogens is 1. The second-order valence-electron chi connectivity index (χ2n) is 6.18. The fraction of sp³-hybridized carbons (Fsp3) is 0.273. The van der Waals surface area contributed by atoms with Gasteiger partial charge in [-0.2, -0.15) is 0 Å². The van der Waals surface area contributed by atoms with Crippen molar-refractivity contribution in [2.45, 2.75) is 27.2 Å². The van der Waals surface area contributed by atoms with Crippen molar-refractivity contribution < 1.29 is 4.79 Å². The van der Waals surface area contributed by atoms with Gasteiger partial charge in [0, 0.05) is 24.2 Å². The second-order valence-corrected chi connectivity index (χ2v) is 6.18. The molecule has 0 aliphatic rings. The molecule has 3 aromatic rings. The molecule has 0 radical (unpaired) electrons. The minimum absolute atomic E-state index is 0.155. The van der Waals surface area contributed by atoms with Crippen molar-refractivity contribution in [2.75, 3.05) is 13.1 Å². The fourth-order valence-corrected chi connectivity index (χ4v) is 3.36. The van der Waals surface area contributed by atoms with Crippen molar-refractivity contribution >= 4 is 16.8 Å². The van der Waals surface area contributed by atoms with E-state index in [1.165, 1.54) is 0 Å². The normalized spacial score (nSPS) is 10.8. The highest BCUT2D eigenvalue weighted by atomic mass is 16.2. The number of amides is 1. The number of likely N-dealkylation sites (N-methyl/N-ethyl adjacent to an activating group) is 1. The first kappa shape index (κ1) is 17.2. The molecule has 0 unspecified atom stereocenters. The predicted octanol–water partition coefficient (Wildman–Crippen LogP) is 4.62. The summed E-state index contributed by atoms with van der Waals surface area (Å²) in [4.78, 5) is 19.4. The third-order valence-corrected chi connectivity index (χ3v) is 4.71. The highest BCUT2D eigenvalue weighted by Crippen LogP contribution is 2.33. The smallest absolute Gasteiger partial charge is 0.227 e. The molecule has 3 nitrogen and oxygen atoms in total. The zero-order valence-corrected chi connectivity index (χ0v) is 15.1. The van der Waals surface area contributed by atoms with Crippen LogP contribution in [0.2, 0.25) is 0 Å². The van der Waals surface area contributed by atoms with Gasteiger partial charge < -0.3 is 4.90 Å². The number of nitrogens with zero attached hydrogens (tertiary/aromatic N) is 2. The molecule has 128 valence electrons. The first-order valence-electron chi connectivity index (χ1n) is 8.87. The molecule has 0 aliphatic heterocycles. The van der Waals surface area contributed by atoms with Crippen molar-refractivity contribution in [1.29, 1.82) is 0 Å². The van der Waals surface area contributed by atoms with E-state index in [0.29, 0.717) is 6.42 Å². The average Bonchev–Trinajstić information content (AvgIpc) is 2.64. The Morgan fingerprint density at radius 2 is 1.60 bits per heavy atom. The van der Waals surface area contributed by atoms with Crippen molar-refractivity contribution in [3.63, 3.8) is 0 Å². The number of pyridine rings is 1. The van der Waals surface area contributed by atoms with E-state index in [2.05, 4.69) is 18.2 Å². The van der Waals surface area contributed by atoms with Crippen LogP contribution in [0.5, 0.6) is 0 Å². The molecule has 1 amide bonds. The summed E-state index contributed by atoms with van der Waals surface area (Å²) in [6.07, 6.45) is 0.384. The largest absolute Gasteiger partial charge is 0.343 e. The number of hydrogen-bond donors (Lipinski definition) is 0. The zero-order valence-electron chi connectivity index (χ0n) is 15.1. The summed E-state index contributed by atoms with van der Waals surface area (Å²) in [7, 11) is 0. The summed E-state index contributed by atoms with van der Waals surface area (Å²) < 4.78 is 0. The summed E-state index contributed by atoms with van der Waals surface area (Å²) in [5.41, 5.74) is 5.19. The van der Waals surface area contributed by atoms with Crippen LogP contribution in [0.25, 0.3) is 22.0 Å². The lowest BCUT2D eigenvalue weighted by molar-refractivity contribution is -0.130. The molecule has 25 heavy (non-hydrogen) atoms. The monoisotopic (exact) mass is 332 g/mol. The third-order valence-electron chi connectivity index (χ3n) is 4.71. The maximum absolute atomic E-state index is 12.7. The van der Waals surface area contributed by atoms with Crippen LogP contribution >= 0.6 is 0 Å². The van der Waals surface area contributed by atoms with Gasteiger partial charge in [-0.05, 0) is 43.5 Å². The lowest BCUT2D eigenvalue weighted by atomic mass is 9.92. The van der Waals surface area contributed by atoms with Crippen molar-refractivity contribution in [2.24, 2.45) is 0 Å². The highest BCUT2D eigenvalue weighted by molar-refractivity contribution is 5.98. The highest BCUT2D eigenvalue weighted by Gasteiger charge is 2.19. The van der Waals surface area contributed by atoms with Crippen molar-refractivity contribution in [3.8, 4) is 11.1 Å². The SMILES string of the molecule is CCN(CC)C(=O)Cc1c(C)nc2ccccc2c1-c1ccccc1. The average molecular weight is 332 g/mol. The van der Waals surface area contributed by atoms with E-state index < -0.39 is 0 Å². The molecule has 0 spiro atoms. The molecule has 0 bridgehead atoms. The van der Waals surface area contributed by atoms with Gasteiger partial charge in [-0.3, -0.25) is 9.78 Å². The number of rotatable bonds is 5. The number of fused-ring (bicyclic) bond motifs is 1. The first-order valence-corrected chi connectivity index (χ1v) is 8.87. The van der Waals surface area contributed by atoms with Crippen LogP contribution in [0.1, 0.15) is 25.1 Å². The van der Waals surface area contributed by atoms with Crippen LogP contribution in [-0.4, -0.2) is 28.9 Å². The summed E-state index contributed by atoms with van der Waals surface area (Å²) >= 11 is 0. The zero-order chi connectivity index (χ0) is 17.8. The van der Waals surface area contributed by atoms with Gasteiger partial charge in [0.15, 0.2) is 0 Å². The number of carbonyl (C=O) groups is 1. The van der Waals surface area contributed by atoms with E-state index in [1.807, 2.05) is 62.1 Å². The molecule has 0 aliphatic carbocycles. The topological polar surface area (TPSA) is 33.2 Å². The number of aryl methyl sites for hydroxylation is 1. The van der Waals surface area contributed by atoms with Crippen molar-refractivity contribution in [1.82, 2.24) is 9.88 Å². The Morgan fingerprint density at radius 3 is 2.28 bits per heavy atom. The van der Waals surface area contributed by atoms with Gasteiger partial charge in [0.1, 0.15) is 0 Å². The third kappa shape index (κ3) is 3.41. The second kappa shape index (κ2) is 7.47. The molecule has 2 aromatic carbocycles. The van der Waals surface area contributed by atoms with Gasteiger partial charge in [-0.1, -0.05) is 48.5 Å². The predicted molar refractivity (Wildman–Crippen MR) is 104 cm³/mol. The maximum Gasteiger partial charge on any atom is 0.227 e. The van der Waals surface area contributed by atoms with E-state index in [0.717, 1.165) is 46.4 Å².